The molecule has 1 saturated heterocycles. The highest BCUT2D eigenvalue weighted by atomic mass is 16.5. The Bertz CT molecular complexity index is 377. The molecule has 4 heteroatoms. The van der Waals surface area contributed by atoms with Crippen LogP contribution in [0.3, 0.4) is 0 Å². The molecule has 0 saturated carbocycles. The van der Waals surface area contributed by atoms with Gasteiger partial charge in [0.1, 0.15) is 0 Å². The second-order valence-electron chi connectivity index (χ2n) is 5.61. The van der Waals surface area contributed by atoms with E-state index in [1.54, 1.807) is 0 Å². The minimum absolute atomic E-state index is 0.552. The SMILES string of the molecule is CCC(C)C1CN(Cc2cc(C)no2)C(C)CN1. The van der Waals surface area contributed by atoms with E-state index < -0.39 is 0 Å². The van der Waals surface area contributed by atoms with Gasteiger partial charge in [0.15, 0.2) is 5.76 Å². The molecule has 0 bridgehead atoms. The largest absolute Gasteiger partial charge is 0.360 e. The maximum Gasteiger partial charge on any atom is 0.150 e. The predicted molar refractivity (Wildman–Crippen MR) is 72.4 cm³/mol. The van der Waals surface area contributed by atoms with E-state index in [1.165, 1.54) is 6.42 Å². The minimum atomic E-state index is 0.552. The molecule has 2 rings (SSSR count). The first kappa shape index (κ1) is 13.6. The molecule has 1 aliphatic heterocycles. The Kier molecular flexibility index (Phi) is 4.40. The summed E-state index contributed by atoms with van der Waals surface area (Å²) in [6.45, 7) is 11.8. The zero-order valence-corrected chi connectivity index (χ0v) is 11.9. The van der Waals surface area contributed by atoms with Gasteiger partial charge in [0, 0.05) is 31.2 Å². The Labute approximate surface area is 110 Å². The zero-order chi connectivity index (χ0) is 13.1. The van der Waals surface area contributed by atoms with Gasteiger partial charge in [-0.2, -0.15) is 0 Å². The van der Waals surface area contributed by atoms with E-state index in [1.807, 2.05) is 13.0 Å². The Morgan fingerprint density at radius 2 is 2.39 bits per heavy atom. The van der Waals surface area contributed by atoms with Crippen LogP contribution in [0.4, 0.5) is 0 Å². The molecule has 18 heavy (non-hydrogen) atoms. The van der Waals surface area contributed by atoms with Crippen LogP contribution in [-0.2, 0) is 6.54 Å². The van der Waals surface area contributed by atoms with Gasteiger partial charge in [-0.05, 0) is 19.8 Å². The van der Waals surface area contributed by atoms with Gasteiger partial charge in [-0.3, -0.25) is 4.90 Å². The summed E-state index contributed by atoms with van der Waals surface area (Å²) in [6, 6.07) is 3.18. The molecule has 0 amide bonds. The Balaban J connectivity index is 1.97. The molecule has 1 aliphatic rings. The number of piperazine rings is 1. The molecule has 1 N–H and O–H groups in total. The monoisotopic (exact) mass is 251 g/mol. The van der Waals surface area contributed by atoms with E-state index >= 15 is 0 Å². The molecular formula is C14H25N3O. The molecule has 1 fully saturated rings. The fourth-order valence-electron chi connectivity index (χ4n) is 2.53. The molecule has 3 atom stereocenters. The third-order valence-electron chi connectivity index (χ3n) is 4.10. The van der Waals surface area contributed by atoms with Crippen LogP contribution in [0.25, 0.3) is 0 Å². The summed E-state index contributed by atoms with van der Waals surface area (Å²) in [4.78, 5) is 2.49. The van der Waals surface area contributed by atoms with Gasteiger partial charge in [-0.1, -0.05) is 25.4 Å². The van der Waals surface area contributed by atoms with E-state index in [-0.39, 0.29) is 0 Å². The second kappa shape index (κ2) is 5.85. The molecule has 2 heterocycles. The average Bonchev–Trinajstić information content (AvgIpc) is 2.76. The first-order valence-corrected chi connectivity index (χ1v) is 6.99. The van der Waals surface area contributed by atoms with Crippen LogP contribution < -0.4 is 5.32 Å². The summed E-state index contributed by atoms with van der Waals surface area (Å²) in [5, 5.41) is 7.61. The number of nitrogens with one attached hydrogen (secondary N) is 1. The zero-order valence-electron chi connectivity index (χ0n) is 11.9. The van der Waals surface area contributed by atoms with Crippen LogP contribution in [-0.4, -0.2) is 35.2 Å². The lowest BCUT2D eigenvalue weighted by molar-refractivity contribution is 0.101. The first-order chi connectivity index (χ1) is 8.60. The molecule has 3 unspecified atom stereocenters. The van der Waals surface area contributed by atoms with Gasteiger partial charge in [0.05, 0.1) is 12.2 Å². The molecule has 4 nitrogen and oxygen atoms in total. The number of rotatable bonds is 4. The van der Waals surface area contributed by atoms with E-state index in [2.05, 4.69) is 36.1 Å². The average molecular weight is 251 g/mol. The molecule has 102 valence electrons. The summed E-state index contributed by atoms with van der Waals surface area (Å²) >= 11 is 0. The summed E-state index contributed by atoms with van der Waals surface area (Å²) in [6.07, 6.45) is 1.22. The highest BCUT2D eigenvalue weighted by molar-refractivity contribution is 5.03. The van der Waals surface area contributed by atoms with Gasteiger partial charge in [-0.15, -0.1) is 0 Å². The minimum Gasteiger partial charge on any atom is -0.360 e. The third kappa shape index (κ3) is 3.12. The summed E-state index contributed by atoms with van der Waals surface area (Å²) in [5.74, 6) is 1.70. The van der Waals surface area contributed by atoms with E-state index in [0.717, 1.165) is 37.0 Å². The molecule has 0 aliphatic carbocycles. The summed E-state index contributed by atoms with van der Waals surface area (Å²) in [7, 11) is 0. The van der Waals surface area contributed by atoms with Crippen LogP contribution in [0.1, 0.15) is 38.6 Å². The Hall–Kier alpha value is -0.870. The van der Waals surface area contributed by atoms with Crippen LogP contribution in [0.15, 0.2) is 10.6 Å². The van der Waals surface area contributed by atoms with Gasteiger partial charge >= 0.3 is 0 Å². The number of nitrogens with zero attached hydrogens (tertiary/aromatic N) is 2. The Morgan fingerprint density at radius 1 is 1.61 bits per heavy atom. The van der Waals surface area contributed by atoms with Crippen molar-refractivity contribution in [2.75, 3.05) is 13.1 Å². The van der Waals surface area contributed by atoms with Gasteiger partial charge < -0.3 is 9.84 Å². The number of aromatic nitrogens is 1. The fourth-order valence-corrected chi connectivity index (χ4v) is 2.53. The highest BCUT2D eigenvalue weighted by Gasteiger charge is 2.28. The van der Waals surface area contributed by atoms with Crippen LogP contribution in [0, 0.1) is 12.8 Å². The maximum absolute atomic E-state index is 5.33. The predicted octanol–water partition coefficient (Wildman–Crippen LogP) is 2.19. The smallest absolute Gasteiger partial charge is 0.150 e. The summed E-state index contributed by atoms with van der Waals surface area (Å²) < 4.78 is 5.33. The quantitative estimate of drug-likeness (QED) is 0.890. The van der Waals surface area contributed by atoms with Crippen LogP contribution in [0.5, 0.6) is 0 Å². The lowest BCUT2D eigenvalue weighted by Crippen LogP contribution is -2.56. The van der Waals surface area contributed by atoms with E-state index in [4.69, 9.17) is 4.52 Å². The standard InChI is InChI=1S/C14H25N3O/c1-5-10(2)14-9-17(12(4)7-15-14)8-13-6-11(3)16-18-13/h6,10,12,14-15H,5,7-9H2,1-4H3. The van der Waals surface area contributed by atoms with Crippen molar-refractivity contribution < 1.29 is 4.52 Å². The van der Waals surface area contributed by atoms with Gasteiger partial charge in [-0.25, -0.2) is 0 Å². The molecule has 1 aromatic heterocycles. The molecular weight excluding hydrogens is 226 g/mol. The van der Waals surface area contributed by atoms with E-state index in [9.17, 15) is 0 Å². The molecule has 0 aromatic carbocycles. The topological polar surface area (TPSA) is 41.3 Å². The lowest BCUT2D eigenvalue weighted by Gasteiger charge is -2.40. The van der Waals surface area contributed by atoms with Crippen molar-refractivity contribution in [3.63, 3.8) is 0 Å². The van der Waals surface area contributed by atoms with Gasteiger partial charge in [0.2, 0.25) is 0 Å². The second-order valence-corrected chi connectivity index (χ2v) is 5.61. The molecule has 0 spiro atoms. The number of hydrogen-bond donors (Lipinski definition) is 1. The van der Waals surface area contributed by atoms with Crippen LogP contribution >= 0.6 is 0 Å². The fraction of sp³-hybridized carbons (Fsp3) is 0.786. The number of hydrogen-bond acceptors (Lipinski definition) is 4. The highest BCUT2D eigenvalue weighted by Crippen LogP contribution is 2.18. The Morgan fingerprint density at radius 3 is 3.00 bits per heavy atom. The van der Waals surface area contributed by atoms with E-state index in [0.29, 0.717) is 12.1 Å². The first-order valence-electron chi connectivity index (χ1n) is 6.99. The maximum atomic E-state index is 5.33. The van der Waals surface area contributed by atoms with Crippen LogP contribution in [0.2, 0.25) is 0 Å². The molecule has 0 radical (unpaired) electrons. The van der Waals surface area contributed by atoms with Crippen molar-refractivity contribution in [2.45, 2.75) is 52.7 Å². The van der Waals surface area contributed by atoms with Crippen molar-refractivity contribution in [3.8, 4) is 0 Å². The van der Waals surface area contributed by atoms with Crippen molar-refractivity contribution in [3.05, 3.63) is 17.5 Å². The van der Waals surface area contributed by atoms with Crippen molar-refractivity contribution >= 4 is 0 Å². The normalized spacial score (nSPS) is 27.3. The molecule has 1 aromatic rings. The van der Waals surface area contributed by atoms with Crippen molar-refractivity contribution in [2.24, 2.45) is 5.92 Å². The van der Waals surface area contributed by atoms with Crippen molar-refractivity contribution in [1.82, 2.24) is 15.4 Å². The lowest BCUT2D eigenvalue weighted by atomic mass is 9.95. The third-order valence-corrected chi connectivity index (χ3v) is 4.10. The van der Waals surface area contributed by atoms with Crippen molar-refractivity contribution in [1.29, 1.82) is 0 Å². The van der Waals surface area contributed by atoms with Gasteiger partial charge in [0.25, 0.3) is 0 Å². The summed E-state index contributed by atoms with van der Waals surface area (Å²) in [5.41, 5.74) is 0.964. The number of aryl methyl sites for hydroxylation is 1.